The molecular weight excluding hydrogens is 264 g/mol. The second kappa shape index (κ2) is 10.1. The van der Waals surface area contributed by atoms with Gasteiger partial charge in [-0.2, -0.15) is 0 Å². The summed E-state index contributed by atoms with van der Waals surface area (Å²) in [5, 5.41) is 17.3. The van der Waals surface area contributed by atoms with Gasteiger partial charge in [0.25, 0.3) is 0 Å². The van der Waals surface area contributed by atoms with Crippen molar-refractivity contribution in [3.05, 3.63) is 71.8 Å². The molecule has 114 valence electrons. The molecule has 0 aliphatic rings. The molecule has 6 N–H and O–H groups in total. The van der Waals surface area contributed by atoms with Crippen molar-refractivity contribution in [2.75, 3.05) is 13.2 Å². The van der Waals surface area contributed by atoms with Gasteiger partial charge in [0, 0.05) is 6.04 Å². The first-order valence-electron chi connectivity index (χ1n) is 6.99. The van der Waals surface area contributed by atoms with E-state index in [2.05, 4.69) is 0 Å². The first-order valence-corrected chi connectivity index (χ1v) is 6.99. The minimum atomic E-state index is -0.235. The Morgan fingerprint density at radius 2 is 1.29 bits per heavy atom. The lowest BCUT2D eigenvalue weighted by Crippen LogP contribution is -2.26. The van der Waals surface area contributed by atoms with Crippen LogP contribution >= 0.6 is 0 Å². The zero-order chi connectivity index (χ0) is 15.5. The third kappa shape index (κ3) is 7.02. The summed E-state index contributed by atoms with van der Waals surface area (Å²) >= 11 is 0. The number of hydrogen-bond donors (Lipinski definition) is 4. The molecule has 0 amide bonds. The molecule has 2 aromatic rings. The van der Waals surface area contributed by atoms with Crippen molar-refractivity contribution in [3.8, 4) is 0 Å². The molecule has 2 rings (SSSR count). The molecule has 0 aliphatic heterocycles. The van der Waals surface area contributed by atoms with Gasteiger partial charge in [-0.25, -0.2) is 0 Å². The van der Waals surface area contributed by atoms with E-state index in [0.29, 0.717) is 0 Å². The molecule has 0 radical (unpaired) electrons. The fourth-order valence-electron chi connectivity index (χ4n) is 1.79. The van der Waals surface area contributed by atoms with Crippen LogP contribution in [0.5, 0.6) is 0 Å². The summed E-state index contributed by atoms with van der Waals surface area (Å²) in [4.78, 5) is 0. The monoisotopic (exact) mass is 288 g/mol. The van der Waals surface area contributed by atoms with Crippen LogP contribution in [0.1, 0.15) is 17.2 Å². The van der Waals surface area contributed by atoms with Gasteiger partial charge < -0.3 is 21.7 Å². The maximum absolute atomic E-state index is 8.67. The molecule has 0 fully saturated rings. The average molecular weight is 288 g/mol. The predicted molar refractivity (Wildman–Crippen MR) is 85.7 cm³/mol. The Balaban J connectivity index is 0.000000211. The second-order valence-electron chi connectivity index (χ2n) is 4.83. The van der Waals surface area contributed by atoms with E-state index in [0.717, 1.165) is 12.0 Å². The normalized spacial score (nSPS) is 13.0. The number of aliphatic hydroxyl groups is 2. The molecule has 0 aromatic heterocycles. The van der Waals surface area contributed by atoms with E-state index in [-0.39, 0.29) is 25.3 Å². The highest BCUT2D eigenvalue weighted by Crippen LogP contribution is 2.07. The van der Waals surface area contributed by atoms with Crippen LogP contribution in [0.15, 0.2) is 60.7 Å². The molecule has 0 saturated heterocycles. The summed E-state index contributed by atoms with van der Waals surface area (Å²) in [6.07, 6.45) is 0.747. The van der Waals surface area contributed by atoms with Gasteiger partial charge in [0.05, 0.1) is 19.3 Å². The molecule has 4 nitrogen and oxygen atoms in total. The second-order valence-corrected chi connectivity index (χ2v) is 4.83. The lowest BCUT2D eigenvalue weighted by molar-refractivity contribution is 0.265. The number of nitrogens with two attached hydrogens (primary N) is 2. The van der Waals surface area contributed by atoms with E-state index in [4.69, 9.17) is 21.7 Å². The highest BCUT2D eigenvalue weighted by molar-refractivity contribution is 5.18. The smallest absolute Gasteiger partial charge is 0.0624 e. The van der Waals surface area contributed by atoms with Crippen LogP contribution in [0.4, 0.5) is 0 Å². The number of rotatable bonds is 5. The quantitative estimate of drug-likeness (QED) is 0.666. The average Bonchev–Trinajstić information content (AvgIpc) is 2.56. The molecule has 4 heteroatoms. The van der Waals surface area contributed by atoms with Crippen molar-refractivity contribution >= 4 is 0 Å². The van der Waals surface area contributed by atoms with Gasteiger partial charge in [0.15, 0.2) is 0 Å². The first kappa shape index (κ1) is 17.3. The van der Waals surface area contributed by atoms with Gasteiger partial charge in [-0.3, -0.25) is 0 Å². The summed E-state index contributed by atoms with van der Waals surface area (Å²) in [5.41, 5.74) is 13.3. The topological polar surface area (TPSA) is 92.5 Å². The Morgan fingerprint density at radius 1 is 0.762 bits per heavy atom. The Kier molecular flexibility index (Phi) is 8.31. The maximum atomic E-state index is 8.67. The molecule has 21 heavy (non-hydrogen) atoms. The minimum Gasteiger partial charge on any atom is -0.395 e. The SMILES string of the molecule is N[C@@H](CO)Cc1ccccc1.N[C@H](CO)c1ccccc1. The Hall–Kier alpha value is -1.72. The molecule has 2 aromatic carbocycles. The van der Waals surface area contributed by atoms with Crippen LogP contribution in [0.3, 0.4) is 0 Å². The van der Waals surface area contributed by atoms with Crippen molar-refractivity contribution in [2.45, 2.75) is 18.5 Å². The van der Waals surface area contributed by atoms with Crippen LogP contribution in [0.2, 0.25) is 0 Å². The lowest BCUT2D eigenvalue weighted by Gasteiger charge is -2.06. The van der Waals surface area contributed by atoms with E-state index in [1.165, 1.54) is 5.56 Å². The largest absolute Gasteiger partial charge is 0.395 e. The van der Waals surface area contributed by atoms with Gasteiger partial charge in [-0.05, 0) is 17.5 Å². The lowest BCUT2D eigenvalue weighted by atomic mass is 10.1. The Bertz CT molecular complexity index is 477. The summed E-state index contributed by atoms with van der Waals surface area (Å²) in [6.45, 7) is 0.0545. The van der Waals surface area contributed by atoms with Crippen molar-refractivity contribution in [2.24, 2.45) is 11.5 Å². The van der Waals surface area contributed by atoms with Gasteiger partial charge in [-0.15, -0.1) is 0 Å². The zero-order valence-electron chi connectivity index (χ0n) is 12.1. The maximum Gasteiger partial charge on any atom is 0.0624 e. The molecule has 0 heterocycles. The summed E-state index contributed by atoms with van der Waals surface area (Å²) in [6, 6.07) is 19.1. The van der Waals surface area contributed by atoms with E-state index >= 15 is 0 Å². The van der Waals surface area contributed by atoms with Crippen molar-refractivity contribution < 1.29 is 10.2 Å². The standard InChI is InChI=1S/C9H13NO.C8H11NO/c10-9(7-11)6-8-4-2-1-3-5-8;9-8(6-10)7-4-2-1-3-5-7/h1-5,9,11H,6-7,10H2;1-5,8,10H,6,9H2/t9-;8-/m11/s1. The van der Waals surface area contributed by atoms with Gasteiger partial charge in [0.2, 0.25) is 0 Å². The van der Waals surface area contributed by atoms with Crippen LogP contribution < -0.4 is 11.5 Å². The van der Waals surface area contributed by atoms with Gasteiger partial charge in [0.1, 0.15) is 0 Å². The molecule has 0 bridgehead atoms. The predicted octanol–water partition coefficient (Wildman–Crippen LogP) is 1.23. The summed E-state index contributed by atoms with van der Waals surface area (Å²) in [7, 11) is 0. The fourth-order valence-corrected chi connectivity index (χ4v) is 1.79. The summed E-state index contributed by atoms with van der Waals surface area (Å²) < 4.78 is 0. The zero-order valence-corrected chi connectivity index (χ0v) is 12.1. The van der Waals surface area contributed by atoms with Crippen LogP contribution in [-0.4, -0.2) is 29.5 Å². The minimum absolute atomic E-state index is 0.00398. The highest BCUT2D eigenvalue weighted by Gasteiger charge is 2.01. The van der Waals surface area contributed by atoms with E-state index < -0.39 is 0 Å². The first-order chi connectivity index (χ1) is 10.2. The third-order valence-corrected chi connectivity index (χ3v) is 3.00. The number of benzene rings is 2. The van der Waals surface area contributed by atoms with Crippen LogP contribution in [-0.2, 0) is 6.42 Å². The fraction of sp³-hybridized carbons (Fsp3) is 0.294. The van der Waals surface area contributed by atoms with Gasteiger partial charge >= 0.3 is 0 Å². The number of hydrogen-bond acceptors (Lipinski definition) is 4. The Morgan fingerprint density at radius 3 is 1.76 bits per heavy atom. The third-order valence-electron chi connectivity index (χ3n) is 3.00. The Labute approximate surface area is 126 Å². The molecule has 2 atom stereocenters. The van der Waals surface area contributed by atoms with E-state index in [1.807, 2.05) is 60.7 Å². The highest BCUT2D eigenvalue weighted by atomic mass is 16.3. The molecule has 0 spiro atoms. The van der Waals surface area contributed by atoms with Gasteiger partial charge in [-0.1, -0.05) is 60.7 Å². The van der Waals surface area contributed by atoms with Crippen molar-refractivity contribution in [3.63, 3.8) is 0 Å². The van der Waals surface area contributed by atoms with E-state index in [1.54, 1.807) is 0 Å². The number of aliphatic hydroxyl groups excluding tert-OH is 2. The van der Waals surface area contributed by atoms with Crippen molar-refractivity contribution in [1.82, 2.24) is 0 Å². The molecule has 0 aliphatic carbocycles. The van der Waals surface area contributed by atoms with E-state index in [9.17, 15) is 0 Å². The molecule has 0 saturated carbocycles. The molecule has 0 unspecified atom stereocenters. The summed E-state index contributed by atoms with van der Waals surface area (Å²) in [5.74, 6) is 0. The molecular formula is C17H24N2O2. The van der Waals surface area contributed by atoms with Crippen LogP contribution in [0, 0.1) is 0 Å². The van der Waals surface area contributed by atoms with Crippen molar-refractivity contribution in [1.29, 1.82) is 0 Å². The van der Waals surface area contributed by atoms with Crippen LogP contribution in [0.25, 0.3) is 0 Å².